The van der Waals surface area contributed by atoms with Gasteiger partial charge in [0.05, 0.1) is 20.4 Å². The molecular formula is C33H44FNO6. The van der Waals surface area contributed by atoms with Crippen LogP contribution in [0, 0.1) is 47.3 Å². The summed E-state index contributed by atoms with van der Waals surface area (Å²) in [6.07, 6.45) is 15.6. The maximum absolute atomic E-state index is 13.7. The second-order valence-electron chi connectivity index (χ2n) is 12.1. The number of halogens is 1. The number of alkyl halides is 1. The number of carbonyl (C=O) groups excluding carboxylic acids is 2. The summed E-state index contributed by atoms with van der Waals surface area (Å²) < 4.78 is 14.9. The minimum atomic E-state index is -1.25. The Labute approximate surface area is 243 Å². The molecule has 0 spiro atoms. The molecule has 4 aliphatic rings. The molecule has 1 aromatic rings. The van der Waals surface area contributed by atoms with Gasteiger partial charge in [-0.3, -0.25) is 14.0 Å². The van der Waals surface area contributed by atoms with E-state index in [-0.39, 0.29) is 40.6 Å². The average Bonchev–Trinajstić information content (AvgIpc) is 3.18. The number of terminal acetylenes is 1. The number of nitrogens with zero attached hydrogens (tertiary/aromatic N) is 1. The number of hydrogen-bond donors (Lipinski definition) is 2. The second-order valence-corrected chi connectivity index (χ2v) is 12.1. The molecule has 0 bridgehead atoms. The molecule has 0 heterocycles. The molecule has 224 valence electrons. The molecule has 0 amide bonds. The number of benzene rings is 1. The first kappa shape index (κ1) is 32.5. The first-order valence-electron chi connectivity index (χ1n) is 14.1. The van der Waals surface area contributed by atoms with Gasteiger partial charge in [0.15, 0.2) is 11.4 Å². The number of fused-ring (bicyclic) bond motifs is 5. The Balaban J connectivity index is 0.00000111. The number of esters is 1. The summed E-state index contributed by atoms with van der Waals surface area (Å²) in [4.78, 5) is 32.5. The van der Waals surface area contributed by atoms with Crippen LogP contribution >= 0.6 is 0 Å². The Bertz CT molecular complexity index is 1190. The lowest BCUT2D eigenvalue weighted by molar-refractivity contribution is -0.295. The molecule has 4 aliphatic carbocycles. The zero-order valence-corrected chi connectivity index (χ0v) is 25.0. The van der Waals surface area contributed by atoms with Crippen LogP contribution in [0.4, 0.5) is 4.39 Å². The first-order valence-corrected chi connectivity index (χ1v) is 14.1. The van der Waals surface area contributed by atoms with Crippen molar-refractivity contribution in [2.24, 2.45) is 34.5 Å². The summed E-state index contributed by atoms with van der Waals surface area (Å²) in [5.74, 6) is 0.00132. The number of phenols is 1. The third-order valence-electron chi connectivity index (χ3n) is 10.2. The molecule has 8 atom stereocenters. The van der Waals surface area contributed by atoms with E-state index in [9.17, 15) is 24.2 Å². The zero-order valence-electron chi connectivity index (χ0n) is 25.0. The van der Waals surface area contributed by atoms with E-state index < -0.39 is 23.1 Å². The van der Waals surface area contributed by atoms with Gasteiger partial charge in [-0.25, -0.2) is 4.79 Å². The van der Waals surface area contributed by atoms with Gasteiger partial charge in [-0.1, -0.05) is 44.6 Å². The van der Waals surface area contributed by atoms with Crippen molar-refractivity contribution in [2.45, 2.75) is 64.7 Å². The number of ketones is 1. The second kappa shape index (κ2) is 12.5. The highest BCUT2D eigenvalue weighted by Gasteiger charge is 2.73. The van der Waals surface area contributed by atoms with E-state index in [0.717, 1.165) is 30.4 Å². The molecule has 5 rings (SSSR count). The van der Waals surface area contributed by atoms with E-state index in [1.54, 1.807) is 29.3 Å². The van der Waals surface area contributed by atoms with Gasteiger partial charge in [-0.2, -0.15) is 5.06 Å². The van der Waals surface area contributed by atoms with Crippen LogP contribution in [-0.2, 0) is 25.7 Å². The number of carbonyl (C=O) groups is 2. The molecule has 0 aromatic heterocycles. The lowest BCUT2D eigenvalue weighted by atomic mass is 9.46. The number of aliphatic hydroxyl groups is 1. The van der Waals surface area contributed by atoms with Crippen LogP contribution in [0.25, 0.3) is 0 Å². The van der Waals surface area contributed by atoms with Gasteiger partial charge < -0.3 is 14.9 Å². The number of aromatic hydroxyl groups is 1. The SMILES string of the molecule is C#C.CF.COC(=O)[C@@]1(ON(C)Cc2ccc(O)cc2)[C@H](C)CC2C3CCC4=CC(=O)C=CC4(C)C3C(O)CC21C. The molecule has 0 aliphatic heterocycles. The van der Waals surface area contributed by atoms with Crippen LogP contribution in [0.5, 0.6) is 5.75 Å². The molecule has 3 fully saturated rings. The van der Waals surface area contributed by atoms with E-state index >= 15 is 0 Å². The molecule has 2 N–H and O–H groups in total. The van der Waals surface area contributed by atoms with Gasteiger partial charge in [0.2, 0.25) is 0 Å². The maximum Gasteiger partial charge on any atom is 0.341 e. The molecule has 1 aromatic carbocycles. The summed E-state index contributed by atoms with van der Waals surface area (Å²) in [5, 5.41) is 23.1. The highest BCUT2D eigenvalue weighted by Crippen LogP contribution is 2.69. The number of phenolic OH excluding ortho intramolecular Hbond substituents is 1. The quantitative estimate of drug-likeness (QED) is 0.292. The molecule has 3 saturated carbocycles. The molecular weight excluding hydrogens is 525 g/mol. The number of rotatable bonds is 5. The van der Waals surface area contributed by atoms with Crippen molar-refractivity contribution >= 4 is 11.8 Å². The highest BCUT2D eigenvalue weighted by molar-refractivity contribution is 6.01. The molecule has 41 heavy (non-hydrogen) atoms. The van der Waals surface area contributed by atoms with Crippen molar-refractivity contribution in [2.75, 3.05) is 21.3 Å². The molecule has 7 nitrogen and oxygen atoms in total. The Hall–Kier alpha value is -2.99. The van der Waals surface area contributed by atoms with Gasteiger partial charge in [-0.05, 0) is 73.3 Å². The zero-order chi connectivity index (χ0) is 30.8. The predicted molar refractivity (Wildman–Crippen MR) is 155 cm³/mol. The summed E-state index contributed by atoms with van der Waals surface area (Å²) in [7, 11) is 3.72. The predicted octanol–water partition coefficient (Wildman–Crippen LogP) is 5.03. The van der Waals surface area contributed by atoms with E-state index in [2.05, 4.69) is 33.6 Å². The Morgan fingerprint density at radius 2 is 1.83 bits per heavy atom. The largest absolute Gasteiger partial charge is 0.508 e. The van der Waals surface area contributed by atoms with Crippen molar-refractivity contribution in [3.63, 3.8) is 0 Å². The molecule has 0 radical (unpaired) electrons. The van der Waals surface area contributed by atoms with Crippen LogP contribution in [0.15, 0.2) is 48.1 Å². The van der Waals surface area contributed by atoms with Crippen molar-refractivity contribution < 1.29 is 33.8 Å². The van der Waals surface area contributed by atoms with Crippen LogP contribution in [0.3, 0.4) is 0 Å². The third kappa shape index (κ3) is 5.24. The fourth-order valence-electron chi connectivity index (χ4n) is 8.60. The third-order valence-corrected chi connectivity index (χ3v) is 10.2. The van der Waals surface area contributed by atoms with E-state index in [4.69, 9.17) is 9.57 Å². The molecule has 0 saturated heterocycles. The average molecular weight is 570 g/mol. The van der Waals surface area contributed by atoms with Gasteiger partial charge in [0.25, 0.3) is 0 Å². The van der Waals surface area contributed by atoms with Crippen LogP contribution in [0.1, 0.15) is 52.0 Å². The van der Waals surface area contributed by atoms with Crippen LogP contribution in [-0.4, -0.2) is 60.1 Å². The van der Waals surface area contributed by atoms with Crippen molar-refractivity contribution in [3.05, 3.63) is 53.6 Å². The number of allylic oxidation sites excluding steroid dienone is 4. The van der Waals surface area contributed by atoms with Gasteiger partial charge >= 0.3 is 5.97 Å². The topological polar surface area (TPSA) is 96.3 Å². The van der Waals surface area contributed by atoms with Crippen molar-refractivity contribution in [3.8, 4) is 18.6 Å². The number of hydroxylamine groups is 2. The lowest BCUT2D eigenvalue weighted by Gasteiger charge is -2.60. The normalized spacial score (nSPS) is 36.8. The lowest BCUT2D eigenvalue weighted by Crippen LogP contribution is -2.64. The standard InChI is InChI=1S/C30H39NO6.C2H2.CH3F/c1-18-14-24-23-11-8-20-15-22(33)12-13-28(20,2)26(23)25(34)16-29(24,3)30(18,27(35)36-5)37-31(4)17-19-6-9-21(32)10-7-19;2*1-2/h6-7,9-10,12-13,15,18,23-26,32,34H,8,11,14,16-17H2,1-5H3;1-2H;1H3/t18-,23?,24?,25?,26?,28?,29?,30+;;/m1../s1. The molecule has 8 heteroatoms. The van der Waals surface area contributed by atoms with Crippen LogP contribution in [0.2, 0.25) is 0 Å². The Kier molecular flexibility index (Phi) is 9.90. The van der Waals surface area contributed by atoms with Gasteiger partial charge in [0.1, 0.15) is 5.75 Å². The van der Waals surface area contributed by atoms with Crippen molar-refractivity contribution in [1.82, 2.24) is 5.06 Å². The van der Waals surface area contributed by atoms with E-state index in [1.807, 2.05) is 25.3 Å². The van der Waals surface area contributed by atoms with Gasteiger partial charge in [0, 0.05) is 30.3 Å². The van der Waals surface area contributed by atoms with E-state index in [0.29, 0.717) is 20.1 Å². The van der Waals surface area contributed by atoms with E-state index in [1.165, 1.54) is 7.11 Å². The first-order chi connectivity index (χ1) is 19.5. The van der Waals surface area contributed by atoms with Gasteiger partial charge in [-0.15, -0.1) is 12.8 Å². The molecule has 6 unspecified atom stereocenters. The van der Waals surface area contributed by atoms with Crippen molar-refractivity contribution in [1.29, 1.82) is 0 Å². The number of ether oxygens (including phenoxy) is 1. The number of methoxy groups -OCH3 is 1. The Morgan fingerprint density at radius 3 is 2.44 bits per heavy atom. The summed E-state index contributed by atoms with van der Waals surface area (Å²) in [6, 6.07) is 6.92. The smallest absolute Gasteiger partial charge is 0.341 e. The summed E-state index contributed by atoms with van der Waals surface area (Å²) >= 11 is 0. The fraction of sp³-hybridized carbons (Fsp3) is 0.576. The number of aliphatic hydroxyl groups excluding tert-OH is 1. The summed E-state index contributed by atoms with van der Waals surface area (Å²) in [5.41, 5.74) is -0.212. The van der Waals surface area contributed by atoms with Crippen LogP contribution < -0.4 is 0 Å². The monoisotopic (exact) mass is 569 g/mol. The minimum absolute atomic E-state index is 0.0188. The maximum atomic E-state index is 13.7. The highest BCUT2D eigenvalue weighted by atomic mass is 19.1. The fourth-order valence-corrected chi connectivity index (χ4v) is 8.60. The summed E-state index contributed by atoms with van der Waals surface area (Å²) in [6.45, 7) is 6.73. The number of hydrogen-bond acceptors (Lipinski definition) is 7. The Morgan fingerprint density at radius 1 is 1.20 bits per heavy atom. The minimum Gasteiger partial charge on any atom is -0.508 e.